The van der Waals surface area contributed by atoms with Crippen molar-refractivity contribution in [3.8, 4) is 0 Å². The van der Waals surface area contributed by atoms with E-state index in [0.29, 0.717) is 6.04 Å². The second-order valence-corrected chi connectivity index (χ2v) is 6.90. The summed E-state index contributed by atoms with van der Waals surface area (Å²) in [4.78, 5) is 7.18. The number of anilines is 1. The van der Waals surface area contributed by atoms with Crippen LogP contribution < -0.4 is 10.2 Å². The van der Waals surface area contributed by atoms with Crippen LogP contribution in [0.3, 0.4) is 0 Å². The minimum absolute atomic E-state index is 0.127. The molecule has 1 aromatic rings. The highest BCUT2D eigenvalue weighted by molar-refractivity contribution is 5.44. The average Bonchev–Trinajstić information content (AvgIpc) is 2.44. The molecule has 1 saturated heterocycles. The number of aryl methyl sites for hydroxylation is 1. The van der Waals surface area contributed by atoms with E-state index in [1.54, 1.807) is 0 Å². The summed E-state index contributed by atoms with van der Waals surface area (Å²) in [7, 11) is 0. The second-order valence-electron chi connectivity index (χ2n) is 6.90. The van der Waals surface area contributed by atoms with E-state index in [-0.39, 0.29) is 5.54 Å². The fourth-order valence-electron chi connectivity index (χ4n) is 2.50. The molecule has 0 aliphatic carbocycles. The van der Waals surface area contributed by atoms with Gasteiger partial charge in [0.25, 0.3) is 0 Å². The number of aromatic nitrogens is 1. The minimum Gasteiger partial charge on any atom is -0.377 e. The highest BCUT2D eigenvalue weighted by Gasteiger charge is 2.21. The molecular formula is C17H29N3O. The van der Waals surface area contributed by atoms with Gasteiger partial charge in [0, 0.05) is 24.3 Å². The van der Waals surface area contributed by atoms with Gasteiger partial charge in [0.05, 0.1) is 19.3 Å². The molecule has 21 heavy (non-hydrogen) atoms. The SMILES string of the molecule is CCc1cc(CNC(C)(C)C)cc(N2CCOCC2C)n1. The molecule has 1 atom stereocenters. The minimum atomic E-state index is 0.127. The van der Waals surface area contributed by atoms with Crippen molar-refractivity contribution in [2.45, 2.75) is 59.2 Å². The molecule has 1 aliphatic rings. The number of nitrogens with one attached hydrogen (secondary N) is 1. The van der Waals surface area contributed by atoms with Crippen molar-refractivity contribution in [3.63, 3.8) is 0 Å². The quantitative estimate of drug-likeness (QED) is 0.925. The van der Waals surface area contributed by atoms with Gasteiger partial charge >= 0.3 is 0 Å². The van der Waals surface area contributed by atoms with Crippen molar-refractivity contribution in [2.75, 3.05) is 24.7 Å². The van der Waals surface area contributed by atoms with Gasteiger partial charge in [0.15, 0.2) is 0 Å². The zero-order valence-corrected chi connectivity index (χ0v) is 14.1. The molecular weight excluding hydrogens is 262 g/mol. The number of hydrogen-bond acceptors (Lipinski definition) is 4. The highest BCUT2D eigenvalue weighted by atomic mass is 16.5. The fourth-order valence-corrected chi connectivity index (χ4v) is 2.50. The van der Waals surface area contributed by atoms with E-state index in [9.17, 15) is 0 Å². The van der Waals surface area contributed by atoms with Gasteiger partial charge in [0.2, 0.25) is 0 Å². The summed E-state index contributed by atoms with van der Waals surface area (Å²) in [6, 6.07) is 4.83. The lowest BCUT2D eigenvalue weighted by molar-refractivity contribution is 0.0985. The van der Waals surface area contributed by atoms with E-state index in [4.69, 9.17) is 9.72 Å². The first-order chi connectivity index (χ1) is 9.89. The first-order valence-corrected chi connectivity index (χ1v) is 7.98. The largest absolute Gasteiger partial charge is 0.377 e. The number of nitrogens with zero attached hydrogens (tertiary/aromatic N) is 2. The number of hydrogen-bond donors (Lipinski definition) is 1. The molecule has 1 unspecified atom stereocenters. The molecule has 1 aromatic heterocycles. The maximum absolute atomic E-state index is 5.53. The zero-order valence-electron chi connectivity index (χ0n) is 14.1. The number of morpholine rings is 1. The highest BCUT2D eigenvalue weighted by Crippen LogP contribution is 2.20. The third-order valence-electron chi connectivity index (χ3n) is 3.77. The predicted octanol–water partition coefficient (Wildman–Crippen LogP) is 2.76. The summed E-state index contributed by atoms with van der Waals surface area (Å²) in [5.41, 5.74) is 2.60. The van der Waals surface area contributed by atoms with Crippen molar-refractivity contribution in [2.24, 2.45) is 0 Å². The van der Waals surface area contributed by atoms with Gasteiger partial charge in [-0.2, -0.15) is 0 Å². The van der Waals surface area contributed by atoms with Crippen molar-refractivity contribution < 1.29 is 4.74 Å². The van der Waals surface area contributed by atoms with Gasteiger partial charge < -0.3 is 15.0 Å². The molecule has 1 N–H and O–H groups in total. The van der Waals surface area contributed by atoms with Crippen molar-refractivity contribution in [3.05, 3.63) is 23.4 Å². The summed E-state index contributed by atoms with van der Waals surface area (Å²) in [6.45, 7) is 14.3. The Labute approximate surface area is 128 Å². The molecule has 0 saturated carbocycles. The Balaban J connectivity index is 2.20. The second kappa shape index (κ2) is 6.75. The maximum Gasteiger partial charge on any atom is 0.129 e. The third kappa shape index (κ3) is 4.68. The maximum atomic E-state index is 5.53. The predicted molar refractivity (Wildman–Crippen MR) is 87.8 cm³/mol. The smallest absolute Gasteiger partial charge is 0.129 e. The lowest BCUT2D eigenvalue weighted by Gasteiger charge is -2.34. The molecule has 1 aliphatic heterocycles. The van der Waals surface area contributed by atoms with Gasteiger partial charge in [0.1, 0.15) is 5.82 Å². The Morgan fingerprint density at radius 1 is 1.38 bits per heavy atom. The molecule has 4 nitrogen and oxygen atoms in total. The van der Waals surface area contributed by atoms with Crippen LogP contribution >= 0.6 is 0 Å². The number of ether oxygens (including phenoxy) is 1. The van der Waals surface area contributed by atoms with E-state index in [1.165, 1.54) is 5.56 Å². The normalized spacial score (nSPS) is 19.9. The van der Waals surface area contributed by atoms with Crippen LogP contribution in [0.4, 0.5) is 5.82 Å². The molecule has 2 rings (SSSR count). The van der Waals surface area contributed by atoms with E-state index in [2.05, 4.69) is 57.0 Å². The van der Waals surface area contributed by atoms with Crippen LogP contribution in [0.1, 0.15) is 45.9 Å². The summed E-state index contributed by atoms with van der Waals surface area (Å²) in [5.74, 6) is 1.09. The molecule has 0 bridgehead atoms. The summed E-state index contributed by atoms with van der Waals surface area (Å²) in [5, 5.41) is 3.56. The van der Waals surface area contributed by atoms with Crippen LogP contribution in [0.25, 0.3) is 0 Å². The first-order valence-electron chi connectivity index (χ1n) is 7.98. The standard InChI is InChI=1S/C17H29N3O/c1-6-15-9-14(11-18-17(3,4)5)10-16(19-15)20-7-8-21-12-13(20)2/h9-10,13,18H,6-8,11-12H2,1-5H3. The van der Waals surface area contributed by atoms with Crippen molar-refractivity contribution >= 4 is 5.82 Å². The Hall–Kier alpha value is -1.13. The van der Waals surface area contributed by atoms with Crippen molar-refractivity contribution in [1.29, 1.82) is 0 Å². The zero-order chi connectivity index (χ0) is 15.5. The van der Waals surface area contributed by atoms with Crippen LogP contribution in [0.15, 0.2) is 12.1 Å². The Kier molecular flexibility index (Phi) is 5.22. The molecule has 0 spiro atoms. The Morgan fingerprint density at radius 3 is 2.76 bits per heavy atom. The summed E-state index contributed by atoms with van der Waals surface area (Å²) >= 11 is 0. The van der Waals surface area contributed by atoms with E-state index in [0.717, 1.165) is 44.2 Å². The molecule has 4 heteroatoms. The molecule has 118 valence electrons. The molecule has 0 radical (unpaired) electrons. The Bertz CT molecular complexity index is 468. The van der Waals surface area contributed by atoms with E-state index in [1.807, 2.05) is 0 Å². The van der Waals surface area contributed by atoms with Crippen LogP contribution in [0.2, 0.25) is 0 Å². The van der Waals surface area contributed by atoms with E-state index >= 15 is 0 Å². The average molecular weight is 291 g/mol. The van der Waals surface area contributed by atoms with Gasteiger partial charge in [-0.3, -0.25) is 0 Å². The Morgan fingerprint density at radius 2 is 2.14 bits per heavy atom. The monoisotopic (exact) mass is 291 g/mol. The topological polar surface area (TPSA) is 37.4 Å². The summed E-state index contributed by atoms with van der Waals surface area (Å²) in [6.07, 6.45) is 0.967. The van der Waals surface area contributed by atoms with Crippen LogP contribution in [-0.4, -0.2) is 36.3 Å². The van der Waals surface area contributed by atoms with Gasteiger partial charge in [-0.25, -0.2) is 4.98 Å². The third-order valence-corrected chi connectivity index (χ3v) is 3.77. The fraction of sp³-hybridized carbons (Fsp3) is 0.706. The van der Waals surface area contributed by atoms with Gasteiger partial charge in [-0.05, 0) is 51.8 Å². The molecule has 0 amide bonds. The lowest BCUT2D eigenvalue weighted by Crippen LogP contribution is -2.44. The van der Waals surface area contributed by atoms with Crippen molar-refractivity contribution in [1.82, 2.24) is 10.3 Å². The van der Waals surface area contributed by atoms with Crippen LogP contribution in [0.5, 0.6) is 0 Å². The van der Waals surface area contributed by atoms with E-state index < -0.39 is 0 Å². The summed E-state index contributed by atoms with van der Waals surface area (Å²) < 4.78 is 5.53. The lowest BCUT2D eigenvalue weighted by atomic mass is 10.1. The van der Waals surface area contributed by atoms with Crippen LogP contribution in [0, 0.1) is 0 Å². The number of rotatable bonds is 4. The molecule has 2 heterocycles. The van der Waals surface area contributed by atoms with Gasteiger partial charge in [-0.1, -0.05) is 6.92 Å². The van der Waals surface area contributed by atoms with Crippen LogP contribution in [-0.2, 0) is 17.7 Å². The van der Waals surface area contributed by atoms with Gasteiger partial charge in [-0.15, -0.1) is 0 Å². The number of pyridine rings is 1. The first kappa shape index (κ1) is 16.2. The molecule has 1 fully saturated rings. The molecule has 0 aromatic carbocycles.